The number of imide groups is 1. The molecule has 1 aromatic heterocycles. The maximum absolute atomic E-state index is 11.8. The van der Waals surface area contributed by atoms with Crippen LogP contribution in [0.2, 0.25) is 0 Å². The standard InChI is InChI=1S/C12H11NO4.C7H5NO5/c14-10(15)6-3-7-13-11(16)8-4-1-2-5-9(8)12(13)17;8-6(10)4-1-3(9)2-5(13-4)7(11)12/h1-2,4-5H,3,6-7H2,(H,14,15);1-2H,(H2,8,10)(H,11,12). The molecule has 4 N–H and O–H groups in total. The minimum Gasteiger partial charge on any atom is -0.481 e. The molecule has 0 fully saturated rings. The molecule has 3 rings (SSSR count). The molecule has 0 saturated heterocycles. The van der Waals surface area contributed by atoms with Gasteiger partial charge in [0.2, 0.25) is 5.76 Å². The van der Waals surface area contributed by atoms with Gasteiger partial charge >= 0.3 is 11.9 Å². The molecular weight excluding hydrogens is 400 g/mol. The summed E-state index contributed by atoms with van der Waals surface area (Å²) < 4.78 is 4.51. The van der Waals surface area contributed by atoms with Crippen molar-refractivity contribution in [3.63, 3.8) is 0 Å². The number of amides is 3. The van der Waals surface area contributed by atoms with Crippen LogP contribution < -0.4 is 11.2 Å². The fourth-order valence-electron chi connectivity index (χ4n) is 2.53. The van der Waals surface area contributed by atoms with Crippen LogP contribution >= 0.6 is 0 Å². The molecule has 0 radical (unpaired) electrons. The molecule has 30 heavy (non-hydrogen) atoms. The summed E-state index contributed by atoms with van der Waals surface area (Å²) in [6, 6.07) is 8.19. The third kappa shape index (κ3) is 5.16. The zero-order chi connectivity index (χ0) is 22.4. The van der Waals surface area contributed by atoms with E-state index in [1.807, 2.05) is 0 Å². The van der Waals surface area contributed by atoms with Crippen LogP contribution in [0.3, 0.4) is 0 Å². The number of nitrogens with two attached hydrogens (primary N) is 1. The first-order valence-corrected chi connectivity index (χ1v) is 8.47. The molecule has 3 amide bonds. The van der Waals surface area contributed by atoms with E-state index in [0.717, 1.165) is 17.0 Å². The third-order valence-corrected chi connectivity index (χ3v) is 3.87. The molecule has 156 valence electrons. The summed E-state index contributed by atoms with van der Waals surface area (Å²) in [6.07, 6.45) is 0.230. The second kappa shape index (κ2) is 9.28. The quantitative estimate of drug-likeness (QED) is 0.566. The molecule has 0 aliphatic carbocycles. The summed E-state index contributed by atoms with van der Waals surface area (Å²) in [5.41, 5.74) is 4.94. The second-order valence-electron chi connectivity index (χ2n) is 6.00. The molecule has 11 heteroatoms. The number of benzene rings is 1. The summed E-state index contributed by atoms with van der Waals surface area (Å²) in [7, 11) is 0. The number of carboxylic acid groups (broad SMARTS) is 2. The van der Waals surface area contributed by atoms with Gasteiger partial charge in [-0.1, -0.05) is 12.1 Å². The first kappa shape index (κ1) is 22.0. The molecule has 2 aromatic rings. The lowest BCUT2D eigenvalue weighted by Gasteiger charge is -2.12. The average Bonchev–Trinajstić information content (AvgIpc) is 2.93. The average molecular weight is 416 g/mol. The Morgan fingerprint density at radius 1 is 0.933 bits per heavy atom. The number of hydrogen-bond acceptors (Lipinski definition) is 7. The lowest BCUT2D eigenvalue weighted by Crippen LogP contribution is -2.31. The van der Waals surface area contributed by atoms with E-state index in [2.05, 4.69) is 4.42 Å². The molecule has 0 atom stereocenters. The molecule has 11 nitrogen and oxygen atoms in total. The fraction of sp³-hybridized carbons (Fsp3) is 0.158. The number of aromatic carboxylic acids is 1. The summed E-state index contributed by atoms with van der Waals surface area (Å²) in [6.45, 7) is 0.151. The monoisotopic (exact) mass is 416 g/mol. The van der Waals surface area contributed by atoms with E-state index < -0.39 is 34.8 Å². The van der Waals surface area contributed by atoms with Crippen LogP contribution in [-0.4, -0.2) is 51.3 Å². The van der Waals surface area contributed by atoms with Gasteiger partial charge in [0.15, 0.2) is 11.2 Å². The highest BCUT2D eigenvalue weighted by molar-refractivity contribution is 6.21. The van der Waals surface area contributed by atoms with Gasteiger partial charge in [-0.25, -0.2) is 4.79 Å². The number of carbonyl (C=O) groups excluding carboxylic acids is 3. The normalized spacial score (nSPS) is 12.1. The molecule has 1 aromatic carbocycles. The topological polar surface area (TPSA) is 185 Å². The van der Waals surface area contributed by atoms with Crippen molar-refractivity contribution in [1.82, 2.24) is 4.90 Å². The number of carbonyl (C=O) groups is 5. The van der Waals surface area contributed by atoms with Crippen LogP contribution in [0, 0.1) is 0 Å². The lowest BCUT2D eigenvalue weighted by atomic mass is 10.1. The van der Waals surface area contributed by atoms with E-state index in [1.54, 1.807) is 24.3 Å². The molecule has 1 aliphatic rings. The lowest BCUT2D eigenvalue weighted by molar-refractivity contribution is -0.137. The van der Waals surface area contributed by atoms with Crippen molar-refractivity contribution in [2.24, 2.45) is 5.73 Å². The van der Waals surface area contributed by atoms with Crippen LogP contribution in [0.4, 0.5) is 0 Å². The zero-order valence-electron chi connectivity index (χ0n) is 15.4. The number of fused-ring (bicyclic) bond motifs is 1. The maximum atomic E-state index is 11.8. The molecular formula is C19H16N2O9. The molecule has 0 spiro atoms. The summed E-state index contributed by atoms with van der Waals surface area (Å²) in [5, 5.41) is 16.9. The molecule has 0 saturated carbocycles. The highest BCUT2D eigenvalue weighted by atomic mass is 16.4. The minimum atomic E-state index is -1.43. The molecule has 1 aliphatic heterocycles. The Bertz CT molecular complexity index is 1020. The van der Waals surface area contributed by atoms with Gasteiger partial charge in [-0.05, 0) is 18.6 Å². The second-order valence-corrected chi connectivity index (χ2v) is 6.00. The summed E-state index contributed by atoms with van der Waals surface area (Å²) >= 11 is 0. The van der Waals surface area contributed by atoms with Gasteiger partial charge in [0.25, 0.3) is 17.7 Å². The zero-order valence-corrected chi connectivity index (χ0v) is 15.4. The SMILES string of the molecule is NC(=O)c1cc(=O)cc(C(=O)O)o1.O=C(O)CCCN1C(=O)c2ccccc2C1=O. The van der Waals surface area contributed by atoms with Gasteiger partial charge in [-0.3, -0.25) is 28.9 Å². The third-order valence-electron chi connectivity index (χ3n) is 3.87. The fourth-order valence-corrected chi connectivity index (χ4v) is 2.53. The number of primary amides is 1. The van der Waals surface area contributed by atoms with Gasteiger partial charge in [0.05, 0.1) is 11.1 Å². The molecule has 0 unspecified atom stereocenters. The Morgan fingerprint density at radius 3 is 1.93 bits per heavy atom. The largest absolute Gasteiger partial charge is 0.481 e. The summed E-state index contributed by atoms with van der Waals surface area (Å²) in [5.74, 6) is -5.10. The van der Waals surface area contributed by atoms with Crippen LogP contribution in [0.5, 0.6) is 0 Å². The van der Waals surface area contributed by atoms with Gasteiger partial charge in [0.1, 0.15) is 0 Å². The van der Waals surface area contributed by atoms with Crippen molar-refractivity contribution < 1.29 is 38.6 Å². The van der Waals surface area contributed by atoms with Crippen molar-refractivity contribution in [1.29, 1.82) is 0 Å². The number of aliphatic carboxylic acids is 1. The van der Waals surface area contributed by atoms with Gasteiger partial charge in [-0.15, -0.1) is 0 Å². The summed E-state index contributed by atoms with van der Waals surface area (Å²) in [4.78, 5) is 66.8. The van der Waals surface area contributed by atoms with E-state index in [0.29, 0.717) is 11.1 Å². The highest BCUT2D eigenvalue weighted by Gasteiger charge is 2.34. The van der Waals surface area contributed by atoms with Gasteiger partial charge < -0.3 is 20.4 Å². The van der Waals surface area contributed by atoms with Crippen molar-refractivity contribution in [3.8, 4) is 0 Å². The smallest absolute Gasteiger partial charge is 0.371 e. The molecule has 0 bridgehead atoms. The van der Waals surface area contributed by atoms with E-state index in [4.69, 9.17) is 15.9 Å². The Kier molecular flexibility index (Phi) is 6.81. The Morgan fingerprint density at radius 2 is 1.47 bits per heavy atom. The number of hydrogen-bond donors (Lipinski definition) is 3. The number of nitrogens with zero attached hydrogens (tertiary/aromatic N) is 1. The Hall–Kier alpha value is -4.28. The van der Waals surface area contributed by atoms with Gasteiger partial charge in [-0.2, -0.15) is 0 Å². The molecule has 2 heterocycles. The van der Waals surface area contributed by atoms with E-state index in [-0.39, 0.29) is 31.2 Å². The number of rotatable bonds is 6. The number of carboxylic acids is 2. The predicted molar refractivity (Wildman–Crippen MR) is 99.1 cm³/mol. The van der Waals surface area contributed by atoms with E-state index >= 15 is 0 Å². The Balaban J connectivity index is 0.000000222. The van der Waals surface area contributed by atoms with Crippen LogP contribution in [0.25, 0.3) is 0 Å². The van der Waals surface area contributed by atoms with E-state index in [1.165, 1.54) is 0 Å². The Labute approximate surface area is 168 Å². The maximum Gasteiger partial charge on any atom is 0.371 e. The van der Waals surface area contributed by atoms with E-state index in [9.17, 15) is 28.8 Å². The first-order chi connectivity index (χ1) is 14.1. The van der Waals surface area contributed by atoms with Crippen molar-refractivity contribution in [3.05, 3.63) is 69.3 Å². The minimum absolute atomic E-state index is 0.0482. The predicted octanol–water partition coefficient (Wildman–Crippen LogP) is 0.584. The van der Waals surface area contributed by atoms with Crippen molar-refractivity contribution >= 4 is 29.7 Å². The van der Waals surface area contributed by atoms with Gasteiger partial charge in [0, 0.05) is 25.1 Å². The first-order valence-electron chi connectivity index (χ1n) is 8.47. The van der Waals surface area contributed by atoms with Crippen molar-refractivity contribution in [2.75, 3.05) is 6.54 Å². The van der Waals surface area contributed by atoms with Crippen molar-refractivity contribution in [2.45, 2.75) is 12.8 Å². The highest BCUT2D eigenvalue weighted by Crippen LogP contribution is 2.22. The van der Waals surface area contributed by atoms with Crippen LogP contribution in [-0.2, 0) is 4.79 Å². The van der Waals surface area contributed by atoms with Crippen LogP contribution in [0.1, 0.15) is 54.7 Å². The van der Waals surface area contributed by atoms with Crippen LogP contribution in [0.15, 0.2) is 45.6 Å².